The first kappa shape index (κ1) is 22.0. The summed E-state index contributed by atoms with van der Waals surface area (Å²) in [5.41, 5.74) is 16.5. The first-order valence-corrected chi connectivity index (χ1v) is 9.15. The molecule has 0 unspecified atom stereocenters. The van der Waals surface area contributed by atoms with Crippen LogP contribution in [0.5, 0.6) is 0 Å². The number of nitrogens with one attached hydrogen (secondary N) is 1. The number of Topliss-reactive ketones (excluding diaryl/α,β-unsaturated/α-hetero) is 1. The van der Waals surface area contributed by atoms with E-state index in [4.69, 9.17) is 17.2 Å². The quantitative estimate of drug-likeness (QED) is 0.119. The number of carbonyl (C=O) groups is 2. The van der Waals surface area contributed by atoms with Gasteiger partial charge in [-0.2, -0.15) is 0 Å². The minimum Gasteiger partial charge on any atom is -0.480 e. The Hall–Kier alpha value is -3.30. The van der Waals surface area contributed by atoms with Crippen molar-refractivity contribution in [2.75, 3.05) is 6.54 Å². The summed E-state index contributed by atoms with van der Waals surface area (Å²) >= 11 is 0. The fourth-order valence-electron chi connectivity index (χ4n) is 2.75. The highest BCUT2D eigenvalue weighted by atomic mass is 16.4. The molecule has 1 aromatic carbocycles. The topological polar surface area (TPSA) is 170 Å². The van der Waals surface area contributed by atoms with Gasteiger partial charge >= 0.3 is 5.97 Å². The molecule has 29 heavy (non-hydrogen) atoms. The minimum absolute atomic E-state index is 0.0780. The number of hydrogen-bond donors (Lipinski definition) is 5. The zero-order valence-corrected chi connectivity index (χ0v) is 16.0. The molecule has 2 rings (SSSR count). The van der Waals surface area contributed by atoms with E-state index in [-0.39, 0.29) is 30.9 Å². The first-order chi connectivity index (χ1) is 13.8. The van der Waals surface area contributed by atoms with Crippen LogP contribution in [0.4, 0.5) is 0 Å². The molecule has 0 fully saturated rings. The number of aromatic nitrogens is 1. The van der Waals surface area contributed by atoms with Gasteiger partial charge in [0.1, 0.15) is 0 Å². The SMILES string of the molecule is NC(N)=NCCC[C@](N)(C(=O)O)C(=O)c1ccc(CNCc2ccccn2)cc1. The maximum atomic E-state index is 12.7. The van der Waals surface area contributed by atoms with E-state index in [2.05, 4.69) is 15.3 Å². The molecule has 1 heterocycles. The van der Waals surface area contributed by atoms with E-state index >= 15 is 0 Å². The molecular formula is C20H26N6O3. The van der Waals surface area contributed by atoms with E-state index in [1.54, 1.807) is 30.5 Å². The van der Waals surface area contributed by atoms with Crippen LogP contribution in [0.25, 0.3) is 0 Å². The van der Waals surface area contributed by atoms with Gasteiger partial charge in [-0.25, -0.2) is 4.79 Å². The third-order valence-electron chi connectivity index (χ3n) is 4.39. The second-order valence-electron chi connectivity index (χ2n) is 6.64. The van der Waals surface area contributed by atoms with E-state index in [1.807, 2.05) is 18.2 Å². The molecule has 0 aliphatic rings. The molecule has 9 nitrogen and oxygen atoms in total. The van der Waals surface area contributed by atoms with Crippen molar-refractivity contribution in [3.8, 4) is 0 Å². The molecule has 0 radical (unpaired) electrons. The van der Waals surface area contributed by atoms with Crippen molar-refractivity contribution >= 4 is 17.7 Å². The molecule has 0 spiro atoms. The largest absolute Gasteiger partial charge is 0.480 e. The summed E-state index contributed by atoms with van der Waals surface area (Å²) in [6.07, 6.45) is 1.92. The van der Waals surface area contributed by atoms with Gasteiger partial charge in [-0.15, -0.1) is 0 Å². The summed E-state index contributed by atoms with van der Waals surface area (Å²) in [7, 11) is 0. The van der Waals surface area contributed by atoms with Gasteiger partial charge in [-0.1, -0.05) is 30.3 Å². The van der Waals surface area contributed by atoms with Gasteiger partial charge in [0.05, 0.1) is 5.69 Å². The Morgan fingerprint density at radius 1 is 1.10 bits per heavy atom. The molecule has 2 aromatic rings. The lowest BCUT2D eigenvalue weighted by Crippen LogP contribution is -2.55. The Morgan fingerprint density at radius 3 is 2.41 bits per heavy atom. The zero-order chi connectivity index (χ0) is 21.3. The molecule has 154 valence electrons. The van der Waals surface area contributed by atoms with Gasteiger partial charge in [0.15, 0.2) is 17.3 Å². The minimum atomic E-state index is -2.03. The molecule has 0 saturated carbocycles. The zero-order valence-electron chi connectivity index (χ0n) is 16.0. The number of hydrogen-bond acceptors (Lipinski definition) is 6. The number of guanidine groups is 1. The van der Waals surface area contributed by atoms with E-state index < -0.39 is 17.3 Å². The highest BCUT2D eigenvalue weighted by Gasteiger charge is 2.41. The van der Waals surface area contributed by atoms with Crippen LogP contribution in [0.3, 0.4) is 0 Å². The molecule has 9 heteroatoms. The molecule has 1 aromatic heterocycles. The molecule has 0 amide bonds. The van der Waals surface area contributed by atoms with Crippen molar-refractivity contribution < 1.29 is 14.7 Å². The fourth-order valence-corrected chi connectivity index (χ4v) is 2.75. The number of aliphatic imine (C=N–C) groups is 1. The lowest BCUT2D eigenvalue weighted by atomic mass is 9.85. The molecule has 0 saturated heterocycles. The maximum absolute atomic E-state index is 12.7. The summed E-state index contributed by atoms with van der Waals surface area (Å²) in [4.78, 5) is 32.4. The second kappa shape index (κ2) is 10.3. The Balaban J connectivity index is 1.97. The van der Waals surface area contributed by atoms with Crippen LogP contribution in [-0.2, 0) is 17.9 Å². The second-order valence-corrected chi connectivity index (χ2v) is 6.64. The van der Waals surface area contributed by atoms with E-state index in [0.29, 0.717) is 13.1 Å². The van der Waals surface area contributed by atoms with Gasteiger partial charge in [-0.3, -0.25) is 14.8 Å². The lowest BCUT2D eigenvalue weighted by Gasteiger charge is -2.23. The third-order valence-corrected chi connectivity index (χ3v) is 4.39. The summed E-state index contributed by atoms with van der Waals surface area (Å²) in [5, 5.41) is 12.8. The molecule has 0 aliphatic carbocycles. The predicted molar refractivity (Wildman–Crippen MR) is 110 cm³/mol. The van der Waals surface area contributed by atoms with Gasteiger partial charge in [0.25, 0.3) is 0 Å². The third kappa shape index (κ3) is 6.37. The normalized spacial score (nSPS) is 12.7. The summed E-state index contributed by atoms with van der Waals surface area (Å²) < 4.78 is 0. The highest BCUT2D eigenvalue weighted by Crippen LogP contribution is 2.18. The van der Waals surface area contributed by atoms with Crippen molar-refractivity contribution in [1.82, 2.24) is 10.3 Å². The van der Waals surface area contributed by atoms with Crippen LogP contribution in [0.15, 0.2) is 53.7 Å². The lowest BCUT2D eigenvalue weighted by molar-refractivity contribution is -0.141. The molecular weight excluding hydrogens is 372 g/mol. The van der Waals surface area contributed by atoms with Gasteiger partial charge in [-0.05, 0) is 30.5 Å². The predicted octanol–water partition coefficient (Wildman–Crippen LogP) is 0.390. The van der Waals surface area contributed by atoms with Crippen LogP contribution in [-0.4, -0.2) is 39.9 Å². The van der Waals surface area contributed by atoms with Crippen LogP contribution in [0, 0.1) is 0 Å². The maximum Gasteiger partial charge on any atom is 0.331 e. The number of carboxylic acids is 1. The van der Waals surface area contributed by atoms with Gasteiger partial charge in [0, 0.05) is 31.4 Å². The summed E-state index contributed by atoms with van der Waals surface area (Å²) in [5.74, 6) is -2.13. The Labute approximate surface area is 169 Å². The number of carbonyl (C=O) groups excluding carboxylic acids is 1. The number of nitrogens with zero attached hydrogens (tertiary/aromatic N) is 2. The van der Waals surface area contributed by atoms with Crippen molar-refractivity contribution in [2.45, 2.75) is 31.5 Å². The van der Waals surface area contributed by atoms with Crippen molar-refractivity contribution in [2.24, 2.45) is 22.2 Å². The van der Waals surface area contributed by atoms with Crippen LogP contribution < -0.4 is 22.5 Å². The summed E-state index contributed by atoms with van der Waals surface area (Å²) in [6.45, 7) is 1.39. The molecule has 8 N–H and O–H groups in total. The number of aliphatic carboxylic acids is 1. The van der Waals surface area contributed by atoms with E-state index in [1.165, 1.54) is 0 Å². The Bertz CT molecular complexity index is 850. The van der Waals surface area contributed by atoms with Crippen LogP contribution in [0.2, 0.25) is 0 Å². The van der Waals surface area contributed by atoms with Gasteiger partial charge in [0.2, 0.25) is 0 Å². The highest BCUT2D eigenvalue weighted by molar-refractivity contribution is 6.15. The number of pyridine rings is 1. The number of rotatable bonds is 11. The van der Waals surface area contributed by atoms with Crippen molar-refractivity contribution in [3.63, 3.8) is 0 Å². The van der Waals surface area contributed by atoms with Crippen molar-refractivity contribution in [1.29, 1.82) is 0 Å². The number of ketones is 1. The van der Waals surface area contributed by atoms with E-state index in [9.17, 15) is 14.7 Å². The monoisotopic (exact) mass is 398 g/mol. The average molecular weight is 398 g/mol. The average Bonchev–Trinajstić information content (AvgIpc) is 2.71. The molecule has 1 atom stereocenters. The van der Waals surface area contributed by atoms with E-state index in [0.717, 1.165) is 11.3 Å². The smallest absolute Gasteiger partial charge is 0.331 e. The van der Waals surface area contributed by atoms with Gasteiger partial charge < -0.3 is 27.6 Å². The first-order valence-electron chi connectivity index (χ1n) is 9.15. The fraction of sp³-hybridized carbons (Fsp3) is 0.300. The molecule has 0 aliphatic heterocycles. The Morgan fingerprint density at radius 2 is 1.83 bits per heavy atom. The van der Waals surface area contributed by atoms with Crippen LogP contribution >= 0.6 is 0 Å². The summed E-state index contributed by atoms with van der Waals surface area (Å²) in [6, 6.07) is 12.4. The molecule has 0 bridgehead atoms. The van der Waals surface area contributed by atoms with Crippen LogP contribution in [0.1, 0.15) is 34.5 Å². The standard InChI is InChI=1S/C20H26N6O3/c21-19(22)26-11-3-9-20(23,18(28)29)17(27)15-7-5-14(6-8-15)12-24-13-16-4-1-2-10-25-16/h1-2,4-8,10,24H,3,9,11-13,23H2,(H,28,29)(H4,21,22,26)/t20-/m1/s1. The van der Waals surface area contributed by atoms with Crippen molar-refractivity contribution in [3.05, 3.63) is 65.5 Å². The Kier molecular flexibility index (Phi) is 7.81. The number of benzene rings is 1. The number of nitrogens with two attached hydrogens (primary N) is 3. The number of carboxylic acid groups (broad SMARTS) is 1.